The molecule has 17 heavy (non-hydrogen) atoms. The van der Waals surface area contributed by atoms with Crippen molar-refractivity contribution in [3.63, 3.8) is 0 Å². The van der Waals surface area contributed by atoms with E-state index in [-0.39, 0.29) is 18.0 Å². The molecule has 2 aliphatic heterocycles. The van der Waals surface area contributed by atoms with Crippen molar-refractivity contribution in [2.75, 3.05) is 5.75 Å². The van der Waals surface area contributed by atoms with E-state index in [9.17, 15) is 9.59 Å². The number of thioether (sulfide) groups is 1. The fourth-order valence-corrected chi connectivity index (χ4v) is 4.11. The molecule has 0 saturated carbocycles. The maximum Gasteiger partial charge on any atom is 0.315 e. The van der Waals surface area contributed by atoms with Crippen LogP contribution in [0.1, 0.15) is 25.7 Å². The molecule has 0 radical (unpaired) electrons. The molecule has 2 amide bonds. The predicted molar refractivity (Wildman–Crippen MR) is 70.0 cm³/mol. The van der Waals surface area contributed by atoms with E-state index in [1.165, 1.54) is 0 Å². The van der Waals surface area contributed by atoms with Gasteiger partial charge in [0, 0.05) is 17.4 Å². The quantitative estimate of drug-likeness (QED) is 0.404. The van der Waals surface area contributed by atoms with Crippen molar-refractivity contribution in [2.24, 2.45) is 0 Å². The largest absolute Gasteiger partial charge is 0.529 e. The van der Waals surface area contributed by atoms with Crippen molar-refractivity contribution in [1.82, 2.24) is 10.6 Å². The Morgan fingerprint density at radius 1 is 1.47 bits per heavy atom. The van der Waals surface area contributed by atoms with Gasteiger partial charge in [0.05, 0.1) is 12.1 Å². The van der Waals surface area contributed by atoms with Crippen LogP contribution in [0.5, 0.6) is 0 Å². The summed E-state index contributed by atoms with van der Waals surface area (Å²) in [7, 11) is 0.489. The topological polar surface area (TPSA) is 67.4 Å². The maximum atomic E-state index is 11.2. The zero-order valence-electron chi connectivity index (χ0n) is 9.90. The van der Waals surface area contributed by atoms with Crippen LogP contribution >= 0.6 is 11.8 Å². The fourth-order valence-electron chi connectivity index (χ4n) is 2.36. The molecule has 0 spiro atoms. The van der Waals surface area contributed by atoms with E-state index >= 15 is 0 Å². The van der Waals surface area contributed by atoms with Crippen molar-refractivity contribution in [1.29, 1.82) is 0 Å². The van der Waals surface area contributed by atoms with Gasteiger partial charge in [-0.2, -0.15) is 11.8 Å². The summed E-state index contributed by atoms with van der Waals surface area (Å²) in [5.74, 6) is 0.917. The zero-order valence-corrected chi connectivity index (χ0v) is 12.7. The fraction of sp³-hybridized carbons (Fsp3) is 0.800. The standard InChI is InChI=1S/C10H18N2O3SSi/c13-8(15-17)4-2-1-3-7-9-6(5-16-7)11-10(14)12-9/h6-7,9H,1-5H2,17H3,(H2,11,12,14)/t6-,7-,9-/m0/s1. The monoisotopic (exact) mass is 274 g/mol. The summed E-state index contributed by atoms with van der Waals surface area (Å²) in [5, 5.41) is 6.38. The number of amides is 2. The predicted octanol–water partition coefficient (Wildman–Crippen LogP) is -0.464. The maximum absolute atomic E-state index is 11.2. The molecule has 0 aliphatic carbocycles. The van der Waals surface area contributed by atoms with E-state index in [1.54, 1.807) is 0 Å². The summed E-state index contributed by atoms with van der Waals surface area (Å²) in [6.45, 7) is 0. The van der Waals surface area contributed by atoms with Gasteiger partial charge in [0.2, 0.25) is 10.5 Å². The van der Waals surface area contributed by atoms with Gasteiger partial charge in [0.15, 0.2) is 0 Å². The van der Waals surface area contributed by atoms with E-state index in [4.69, 9.17) is 4.43 Å². The summed E-state index contributed by atoms with van der Waals surface area (Å²) in [5.41, 5.74) is 0. The third-order valence-electron chi connectivity index (χ3n) is 3.29. The molecule has 2 heterocycles. The van der Waals surface area contributed by atoms with Gasteiger partial charge in [0.25, 0.3) is 5.97 Å². The second-order valence-electron chi connectivity index (χ2n) is 4.44. The molecule has 0 aromatic heterocycles. The average Bonchev–Trinajstić information content (AvgIpc) is 2.84. The summed E-state index contributed by atoms with van der Waals surface area (Å²) >= 11 is 1.91. The molecule has 2 fully saturated rings. The highest BCUT2D eigenvalue weighted by Crippen LogP contribution is 2.33. The third-order valence-corrected chi connectivity index (χ3v) is 5.25. The summed E-state index contributed by atoms with van der Waals surface area (Å²) in [6.07, 6.45) is 3.49. The highest BCUT2D eigenvalue weighted by atomic mass is 32.2. The Morgan fingerprint density at radius 3 is 3.06 bits per heavy atom. The molecule has 2 saturated heterocycles. The molecule has 5 nitrogen and oxygen atoms in total. The van der Waals surface area contributed by atoms with Gasteiger partial charge in [-0.3, -0.25) is 4.79 Å². The van der Waals surface area contributed by atoms with Crippen LogP contribution in [0.2, 0.25) is 0 Å². The molecular formula is C10H18N2O3SSi. The van der Waals surface area contributed by atoms with E-state index in [0.29, 0.717) is 28.2 Å². The van der Waals surface area contributed by atoms with Gasteiger partial charge in [0.1, 0.15) is 0 Å². The highest BCUT2D eigenvalue weighted by molar-refractivity contribution is 8.00. The first-order chi connectivity index (χ1) is 8.20. The van der Waals surface area contributed by atoms with Crippen LogP contribution in [-0.4, -0.2) is 45.6 Å². The van der Waals surface area contributed by atoms with Crippen LogP contribution < -0.4 is 10.6 Å². The van der Waals surface area contributed by atoms with E-state index in [2.05, 4.69) is 10.6 Å². The molecule has 2 aliphatic rings. The summed E-state index contributed by atoms with van der Waals surface area (Å²) < 4.78 is 4.73. The molecule has 0 aromatic rings. The minimum atomic E-state index is -0.0792. The van der Waals surface area contributed by atoms with Gasteiger partial charge in [-0.25, -0.2) is 4.79 Å². The number of hydrogen-bond acceptors (Lipinski definition) is 4. The Kier molecular flexibility index (Phi) is 4.33. The van der Waals surface area contributed by atoms with Crippen molar-refractivity contribution in [3.8, 4) is 0 Å². The van der Waals surface area contributed by atoms with Crippen LogP contribution in [0.15, 0.2) is 0 Å². The lowest BCUT2D eigenvalue weighted by molar-refractivity contribution is -0.134. The minimum absolute atomic E-state index is 0.0372. The van der Waals surface area contributed by atoms with Crippen LogP contribution in [0, 0.1) is 0 Å². The number of unbranched alkanes of at least 4 members (excludes halogenated alkanes) is 1. The molecule has 7 heteroatoms. The number of nitrogens with one attached hydrogen (secondary N) is 2. The number of carbonyl (C=O) groups excluding carboxylic acids is 2. The summed E-state index contributed by atoms with van der Waals surface area (Å²) in [4.78, 5) is 22.1. The van der Waals surface area contributed by atoms with Gasteiger partial charge in [-0.15, -0.1) is 0 Å². The first-order valence-corrected chi connectivity index (χ1v) is 7.82. The van der Waals surface area contributed by atoms with Crippen LogP contribution in [-0.2, 0) is 9.22 Å². The lowest BCUT2D eigenvalue weighted by atomic mass is 10.0. The van der Waals surface area contributed by atoms with Crippen molar-refractivity contribution in [3.05, 3.63) is 0 Å². The Morgan fingerprint density at radius 2 is 2.29 bits per heavy atom. The van der Waals surface area contributed by atoms with E-state index in [0.717, 1.165) is 25.0 Å². The van der Waals surface area contributed by atoms with Crippen molar-refractivity contribution < 1.29 is 14.0 Å². The van der Waals surface area contributed by atoms with Gasteiger partial charge < -0.3 is 15.1 Å². The Hall–Kier alpha value is -0.693. The number of carbonyl (C=O) groups is 2. The van der Waals surface area contributed by atoms with Gasteiger partial charge in [-0.05, 0) is 12.8 Å². The Balaban J connectivity index is 1.66. The van der Waals surface area contributed by atoms with Crippen LogP contribution in [0.4, 0.5) is 4.79 Å². The second kappa shape index (κ2) is 5.77. The Bertz CT molecular complexity index is 316. The number of fused-ring (bicyclic) bond motifs is 1. The molecule has 0 unspecified atom stereocenters. The van der Waals surface area contributed by atoms with Crippen LogP contribution in [0.25, 0.3) is 0 Å². The van der Waals surface area contributed by atoms with E-state index in [1.807, 2.05) is 11.8 Å². The van der Waals surface area contributed by atoms with Gasteiger partial charge in [-0.1, -0.05) is 6.42 Å². The molecule has 2 rings (SSSR count). The number of hydrogen-bond donors (Lipinski definition) is 2. The lowest BCUT2D eigenvalue weighted by Gasteiger charge is -2.16. The molecule has 3 atom stereocenters. The molecule has 96 valence electrons. The molecular weight excluding hydrogens is 256 g/mol. The average molecular weight is 274 g/mol. The highest BCUT2D eigenvalue weighted by Gasteiger charge is 2.42. The first kappa shape index (κ1) is 12.8. The lowest BCUT2D eigenvalue weighted by Crippen LogP contribution is -2.36. The van der Waals surface area contributed by atoms with Crippen molar-refractivity contribution >= 4 is 34.2 Å². The second-order valence-corrected chi connectivity index (χ2v) is 6.12. The number of rotatable bonds is 5. The summed E-state index contributed by atoms with van der Waals surface area (Å²) in [6, 6.07) is 0.534. The first-order valence-electron chi connectivity index (χ1n) is 5.96. The molecule has 0 bridgehead atoms. The van der Waals surface area contributed by atoms with Crippen molar-refractivity contribution in [2.45, 2.75) is 43.0 Å². The third kappa shape index (κ3) is 3.16. The molecule has 2 N–H and O–H groups in total. The SMILES string of the molecule is O=C1N[C@H]2[C@H](CS[C@H]2CCCCC(=O)O[SiH3])N1. The van der Waals surface area contributed by atoms with E-state index < -0.39 is 0 Å². The molecule has 0 aromatic carbocycles. The van der Waals surface area contributed by atoms with Crippen LogP contribution in [0.3, 0.4) is 0 Å². The Labute approximate surface area is 108 Å². The normalized spacial score (nSPS) is 30.8. The zero-order chi connectivity index (χ0) is 12.3. The number of urea groups is 1. The minimum Gasteiger partial charge on any atom is -0.529 e. The smallest absolute Gasteiger partial charge is 0.315 e. The van der Waals surface area contributed by atoms with Gasteiger partial charge >= 0.3 is 6.03 Å².